The molecule has 5 aromatic carbocycles. The Morgan fingerprint density at radius 2 is 1.17 bits per heavy atom. The number of fused-ring (bicyclic) bond motifs is 3. The predicted octanol–water partition coefficient (Wildman–Crippen LogP) is 2.74. The van der Waals surface area contributed by atoms with Crippen molar-refractivity contribution in [2.75, 3.05) is 51.3 Å². The maximum atomic E-state index is 15.4. The van der Waals surface area contributed by atoms with Crippen LogP contribution < -0.4 is 65.1 Å². The first-order valence-electron chi connectivity index (χ1n) is 37.4. The lowest BCUT2D eigenvalue weighted by Gasteiger charge is -2.45. The number of aliphatic hydroxyl groups is 1. The average molecular weight is 1500 g/mol. The zero-order chi connectivity index (χ0) is 76.9. The molecule has 3 aliphatic rings. The summed E-state index contributed by atoms with van der Waals surface area (Å²) >= 11 is 0. The number of guanidine groups is 1. The number of aromatic nitrogens is 2. The number of carbonyl (C=O) groups is 8. The van der Waals surface area contributed by atoms with E-state index in [0.717, 1.165) is 22.8 Å². The second kappa shape index (κ2) is 38.6. The average Bonchev–Trinajstić information content (AvgIpc) is 1.48. The number of piperidine rings is 1. The summed E-state index contributed by atoms with van der Waals surface area (Å²) in [6, 6.07) is 25.4. The highest BCUT2D eigenvalue weighted by atomic mass is 32.2. The van der Waals surface area contributed by atoms with E-state index in [9.17, 15) is 32.3 Å². The van der Waals surface area contributed by atoms with Gasteiger partial charge in [0.05, 0.1) is 23.7 Å². The van der Waals surface area contributed by atoms with Gasteiger partial charge in [-0.05, 0) is 161 Å². The van der Waals surface area contributed by atoms with Crippen molar-refractivity contribution in [2.24, 2.45) is 28.1 Å². The molecule has 27 nitrogen and oxygen atoms in total. The Hall–Kier alpha value is -10.1. The first-order chi connectivity index (χ1) is 52.0. The molecule has 0 bridgehead atoms. The van der Waals surface area contributed by atoms with E-state index in [4.69, 9.17) is 17.2 Å². The van der Waals surface area contributed by atoms with Crippen molar-refractivity contribution < 1.29 is 56.3 Å². The van der Waals surface area contributed by atoms with Crippen molar-refractivity contribution in [3.05, 3.63) is 179 Å². The Balaban J connectivity index is 0.959. The van der Waals surface area contributed by atoms with E-state index >= 15 is 24.0 Å². The summed E-state index contributed by atoms with van der Waals surface area (Å²) in [5.74, 6) is -7.43. The van der Waals surface area contributed by atoms with Crippen LogP contribution in [0.25, 0.3) is 21.8 Å². The Bertz CT molecular complexity index is 4370. The first kappa shape index (κ1) is 80.5. The van der Waals surface area contributed by atoms with E-state index in [0.29, 0.717) is 48.1 Å². The van der Waals surface area contributed by atoms with Crippen LogP contribution in [-0.4, -0.2) is 193 Å². The molecule has 0 unspecified atom stereocenters. The lowest BCUT2D eigenvalue weighted by molar-refractivity contribution is -0.136. The minimum Gasteiger partial charge on any atom is -0.391 e. The molecule has 2 fully saturated rings. The molecule has 1 aliphatic carbocycles. The number of sulfone groups is 1. The number of amides is 8. The number of benzene rings is 5. The highest BCUT2D eigenvalue weighted by Crippen LogP contribution is 2.44. The second-order valence-corrected chi connectivity index (χ2v) is 31.1. The molecule has 7 aromatic rings. The molecule has 0 spiro atoms. The number of carbonyl (C=O) groups excluding carboxylic acids is 8. The number of H-pyrrole nitrogens is 2. The van der Waals surface area contributed by atoms with Crippen LogP contribution in [0.5, 0.6) is 0 Å². The SMILES string of the molecule is C[C@@H](O)[C@@H]1NC(=O)[C@H](CCCCN)NC(=O)[C@@H](Cc2c[nH]c3ccccc23)NC(=O)[C@H](Cc2ccccc2)NC(=O)[C@H](Cc2ccccc2)NC(=O)[C@H](CCCN=C(N)N)NC(=O)[C@H](NCCCS(=O)(=O)C[C@@H]2C[C@@H]3c4cccc5[nH]cc(c45)C[C@H]3N(C)C2)CCCCNC(=O)[C@H](Cc2ccc(F)cc2)NC1=O. The van der Waals surface area contributed by atoms with Crippen LogP contribution in [0.2, 0.25) is 0 Å². The van der Waals surface area contributed by atoms with Crippen molar-refractivity contribution in [1.82, 2.24) is 62.7 Å². The third kappa shape index (κ3) is 22.5. The van der Waals surface area contributed by atoms with Crippen LogP contribution in [0, 0.1) is 11.7 Å². The van der Waals surface area contributed by atoms with Gasteiger partial charge in [0.15, 0.2) is 15.8 Å². The van der Waals surface area contributed by atoms with Gasteiger partial charge in [0.25, 0.3) is 0 Å². The molecule has 108 heavy (non-hydrogen) atoms. The Kier molecular flexibility index (Phi) is 28.8. The number of likely N-dealkylation sites (N-methyl/N-ethyl adjacent to an activating group) is 1. The van der Waals surface area contributed by atoms with E-state index in [1.807, 2.05) is 30.3 Å². The quantitative estimate of drug-likeness (QED) is 0.0235. The summed E-state index contributed by atoms with van der Waals surface area (Å²) < 4.78 is 42.7. The van der Waals surface area contributed by atoms with E-state index in [1.165, 1.54) is 47.7 Å². The zero-order valence-corrected chi connectivity index (χ0v) is 62.0. The molecule has 2 aliphatic heterocycles. The van der Waals surface area contributed by atoms with Crippen molar-refractivity contribution in [2.45, 2.75) is 170 Å². The van der Waals surface area contributed by atoms with Gasteiger partial charge >= 0.3 is 0 Å². The first-order valence-corrected chi connectivity index (χ1v) is 39.3. The molecule has 8 amide bonds. The number of hydrogen-bond donors (Lipinski definition) is 15. The summed E-state index contributed by atoms with van der Waals surface area (Å²) in [6.45, 7) is 2.20. The number of aliphatic hydroxyl groups excluding tert-OH is 1. The van der Waals surface area contributed by atoms with E-state index in [1.54, 1.807) is 66.9 Å². The Labute approximate surface area is 628 Å². The standard InChI is InChI=1S/C79H103FN16O11S/c1-48(97)70-78(105)94-64(41-51-29-31-55(80)32-30-51)71(98)85-34-14-12-25-61(84-36-17-37-108(106,107)47-52-38-58-57-23-15-27-60-69(57)54(45-88-60)43-68(58)96(2)46-52)72(99)89-63(28-16-35-86-79(82)83)73(100)91-65(39-49-18-5-3-6-19-49)75(102)92-66(40-50-20-7-4-8-21-50)76(103)93-67(42-53-44-87-59-24-10-9-22-56(53)59)77(104)90-62(74(101)95-70)26-11-13-33-81/h3-10,15,18-24,27,29-32,44-45,48,52,58,61-68,70,84,87-88,97H,11-14,16-17,25-26,28,33-43,46-47,81H2,1-2H3,(H,85,98)(H,89,99)(H,90,104)(H,91,100)(H,92,102)(H,93,103)(H,94,105)(H,95,101)(H4,82,83,86)/t48-,52-,58-,61-,62+,63+,64+,65+,66+,67-,68-,70+/m1/s1. The lowest BCUT2D eigenvalue weighted by Crippen LogP contribution is -2.62. The van der Waals surface area contributed by atoms with Crippen LogP contribution in [-0.2, 0) is 80.3 Å². The van der Waals surface area contributed by atoms with Gasteiger partial charge in [-0.3, -0.25) is 43.3 Å². The number of aromatic amines is 2. The normalized spacial score (nSPS) is 23.9. The smallest absolute Gasteiger partial charge is 0.245 e. The van der Waals surface area contributed by atoms with Crippen molar-refractivity contribution in [3.8, 4) is 0 Å². The number of unbranched alkanes of at least 4 members (excludes halogenated alkanes) is 1. The van der Waals surface area contributed by atoms with Crippen molar-refractivity contribution in [1.29, 1.82) is 0 Å². The maximum absolute atomic E-state index is 15.4. The Morgan fingerprint density at radius 3 is 1.81 bits per heavy atom. The molecule has 18 N–H and O–H groups in total. The summed E-state index contributed by atoms with van der Waals surface area (Å²) in [5, 5.41) is 39.0. The molecule has 0 radical (unpaired) electrons. The van der Waals surface area contributed by atoms with Gasteiger partial charge in [0.1, 0.15) is 48.1 Å². The second-order valence-electron chi connectivity index (χ2n) is 28.9. The summed E-state index contributed by atoms with van der Waals surface area (Å²) in [7, 11) is -1.58. The molecule has 2 aromatic heterocycles. The summed E-state index contributed by atoms with van der Waals surface area (Å²) in [6.07, 6.45) is 4.72. The molecule has 2 saturated heterocycles. The number of rotatable bonds is 24. The number of hydrogen-bond acceptors (Lipinski definition) is 15. The number of likely N-dealkylation sites (tertiary alicyclic amines) is 1. The van der Waals surface area contributed by atoms with Gasteiger partial charge in [-0.15, -0.1) is 0 Å². The zero-order valence-electron chi connectivity index (χ0n) is 61.2. The molecule has 10 rings (SSSR count). The molecule has 29 heteroatoms. The minimum absolute atomic E-state index is 0.00391. The van der Waals surface area contributed by atoms with Crippen LogP contribution in [0.1, 0.15) is 110 Å². The lowest BCUT2D eigenvalue weighted by atomic mass is 9.73. The summed E-state index contributed by atoms with van der Waals surface area (Å²) in [4.78, 5) is 133. The molecular weight excluding hydrogens is 1400 g/mol. The van der Waals surface area contributed by atoms with Gasteiger partial charge in [-0.2, -0.15) is 0 Å². The molecule has 578 valence electrons. The third-order valence-corrected chi connectivity index (χ3v) is 22.5. The number of nitrogens with one attached hydrogen (secondary N) is 11. The molecule has 12 atom stereocenters. The van der Waals surface area contributed by atoms with Gasteiger partial charge in [-0.1, -0.05) is 103 Å². The van der Waals surface area contributed by atoms with E-state index < -0.39 is 117 Å². The predicted molar refractivity (Wildman–Crippen MR) is 412 cm³/mol. The van der Waals surface area contributed by atoms with Gasteiger partial charge in [0, 0.05) is 91.5 Å². The summed E-state index contributed by atoms with van der Waals surface area (Å²) in [5.41, 5.74) is 23.9. The highest BCUT2D eigenvalue weighted by Gasteiger charge is 2.42. The van der Waals surface area contributed by atoms with Crippen LogP contribution in [0.4, 0.5) is 4.39 Å². The fourth-order valence-corrected chi connectivity index (χ4v) is 16.8. The van der Waals surface area contributed by atoms with Gasteiger partial charge in [-0.25, -0.2) is 12.8 Å². The Morgan fingerprint density at radius 1 is 0.611 bits per heavy atom. The number of para-hydroxylation sites is 1. The highest BCUT2D eigenvalue weighted by molar-refractivity contribution is 7.91. The van der Waals surface area contributed by atoms with Gasteiger partial charge in [0.2, 0.25) is 47.3 Å². The monoisotopic (exact) mass is 1500 g/mol. The van der Waals surface area contributed by atoms with Crippen LogP contribution in [0.3, 0.4) is 0 Å². The molecular formula is C79H103FN16O11S. The topological polar surface area (TPSA) is 424 Å². The largest absolute Gasteiger partial charge is 0.391 e. The van der Waals surface area contributed by atoms with E-state index in [2.05, 4.69) is 93.1 Å². The molecule has 4 heterocycles. The number of nitrogens with zero attached hydrogens (tertiary/aromatic N) is 2. The number of aliphatic imine (C=N–C) groups is 1. The fourth-order valence-electron chi connectivity index (χ4n) is 15.0. The molecule has 0 saturated carbocycles. The number of halogens is 1. The van der Waals surface area contributed by atoms with Crippen molar-refractivity contribution in [3.63, 3.8) is 0 Å². The van der Waals surface area contributed by atoms with Crippen LogP contribution >= 0.6 is 0 Å². The van der Waals surface area contributed by atoms with Crippen LogP contribution in [0.15, 0.2) is 145 Å². The van der Waals surface area contributed by atoms with Crippen molar-refractivity contribution >= 4 is 84.9 Å². The minimum atomic E-state index is -3.64. The third-order valence-electron chi connectivity index (χ3n) is 20.6. The van der Waals surface area contributed by atoms with E-state index in [-0.39, 0.29) is 132 Å². The van der Waals surface area contributed by atoms with Gasteiger partial charge < -0.3 is 85.0 Å². The fraction of sp³-hybridized carbons (Fsp3) is 0.456. The number of nitrogens with two attached hydrogens (primary N) is 3. The maximum Gasteiger partial charge on any atom is 0.245 e.